The van der Waals surface area contributed by atoms with Gasteiger partial charge >= 0.3 is 5.97 Å². The first kappa shape index (κ1) is 114. The maximum absolute atomic E-state index is 15.1. The molecule has 3 unspecified atom stereocenters. The van der Waals surface area contributed by atoms with Crippen LogP contribution in [0.1, 0.15) is 190 Å². The molecule has 3 aliphatic heterocycles. The molecule has 5 rings (SSSR count). The summed E-state index contributed by atoms with van der Waals surface area (Å²) in [5, 5.41) is 75.6. The first-order valence-corrected chi connectivity index (χ1v) is 46.4. The van der Waals surface area contributed by atoms with Gasteiger partial charge in [0.25, 0.3) is 0 Å². The highest BCUT2D eigenvalue weighted by Gasteiger charge is 2.47. The Morgan fingerprint density at radius 2 is 0.759 bits per heavy atom. The van der Waals surface area contributed by atoms with Crippen molar-refractivity contribution in [2.45, 2.75) is 307 Å². The monoisotopic (exact) mass is 1930 g/mol. The fourth-order valence-electron chi connectivity index (χ4n) is 16.0. The molecule has 0 saturated carbocycles. The van der Waals surface area contributed by atoms with Crippen LogP contribution in [0.25, 0.3) is 0 Å². The largest absolute Gasteiger partial charge is 0.480 e. The highest BCUT2D eigenvalue weighted by molar-refractivity contribution is 6.03. The number of carboxylic acid groups (broad SMARTS) is 1. The second-order valence-corrected chi connectivity index (χ2v) is 36.1. The average Bonchev–Trinajstić information content (AvgIpc) is 1.79. The fraction of sp³-hybridized carbons (Fsp3) is 0.633. The highest BCUT2D eigenvalue weighted by Crippen LogP contribution is 2.25. The van der Waals surface area contributed by atoms with Crippen LogP contribution in [0.15, 0.2) is 60.7 Å². The molecule has 3 fully saturated rings. The lowest BCUT2D eigenvalue weighted by atomic mass is 9.95. The number of primary amides is 3. The van der Waals surface area contributed by atoms with Crippen molar-refractivity contribution >= 4 is 124 Å². The van der Waals surface area contributed by atoms with E-state index >= 15 is 9.59 Å². The number of nitrogens with one attached hydrogen (secondary N) is 15. The van der Waals surface area contributed by atoms with Gasteiger partial charge in [-0.2, -0.15) is 0 Å². The number of guanidine groups is 1. The van der Waals surface area contributed by atoms with Gasteiger partial charge in [0.1, 0.15) is 96.7 Å². The van der Waals surface area contributed by atoms with Crippen LogP contribution in [-0.4, -0.2) is 302 Å². The maximum atomic E-state index is 15.1. The van der Waals surface area contributed by atoms with Gasteiger partial charge in [0.05, 0.1) is 31.1 Å². The minimum atomic E-state index is -1.87. The molecule has 0 aromatic heterocycles. The Hall–Kier alpha value is -13.0. The van der Waals surface area contributed by atoms with Gasteiger partial charge in [-0.25, -0.2) is 4.79 Å². The van der Waals surface area contributed by atoms with Gasteiger partial charge in [-0.05, 0) is 139 Å². The summed E-state index contributed by atoms with van der Waals surface area (Å²) < 4.78 is 0. The Morgan fingerprint density at radius 1 is 0.394 bits per heavy atom. The van der Waals surface area contributed by atoms with E-state index in [1.54, 1.807) is 102 Å². The number of carbonyl (C=O) groups excluding carboxylic acids is 19. The van der Waals surface area contributed by atoms with Crippen LogP contribution in [0.5, 0.6) is 0 Å². The van der Waals surface area contributed by atoms with Crippen molar-refractivity contribution in [1.29, 1.82) is 5.41 Å². The summed E-state index contributed by atoms with van der Waals surface area (Å²) >= 11 is 0. The average molecular weight is 1930 g/mol. The predicted molar refractivity (Wildman–Crippen MR) is 496 cm³/mol. The molecule has 760 valence electrons. The quantitative estimate of drug-likeness (QED) is 0.0166. The molecule has 30 N–H and O–H groups in total. The van der Waals surface area contributed by atoms with Crippen molar-refractivity contribution in [1.82, 2.24) is 89.1 Å². The van der Waals surface area contributed by atoms with Gasteiger partial charge in [-0.3, -0.25) is 96.5 Å². The summed E-state index contributed by atoms with van der Waals surface area (Å²) in [7, 11) is 0. The van der Waals surface area contributed by atoms with Gasteiger partial charge in [0, 0.05) is 45.4 Å². The van der Waals surface area contributed by atoms with Crippen molar-refractivity contribution in [2.24, 2.45) is 58.1 Å². The number of carbonyl (C=O) groups is 20. The van der Waals surface area contributed by atoms with Gasteiger partial charge in [-0.1, -0.05) is 122 Å². The topological polar surface area (TPSA) is 760 Å². The van der Waals surface area contributed by atoms with Crippen LogP contribution in [-0.2, 0) is 109 Å². The second kappa shape index (κ2) is 55.8. The number of benzene rings is 2. The summed E-state index contributed by atoms with van der Waals surface area (Å²) in [6, 6.07) is -8.63. The molecule has 47 nitrogen and oxygen atoms in total. The van der Waals surface area contributed by atoms with Gasteiger partial charge in [0.15, 0.2) is 5.96 Å². The molecule has 0 bridgehead atoms. The van der Waals surface area contributed by atoms with E-state index in [0.717, 1.165) is 14.7 Å². The summed E-state index contributed by atoms with van der Waals surface area (Å²) in [6.07, 6.45) is -4.15. The molecular formula is C90H142N24O23. The van der Waals surface area contributed by atoms with E-state index in [-0.39, 0.29) is 116 Å². The molecule has 20 atom stereocenters. The zero-order valence-corrected chi connectivity index (χ0v) is 79.6. The van der Waals surface area contributed by atoms with Crippen LogP contribution in [0.2, 0.25) is 0 Å². The third kappa shape index (κ3) is 35.9. The van der Waals surface area contributed by atoms with Crippen molar-refractivity contribution in [3.63, 3.8) is 0 Å². The van der Waals surface area contributed by atoms with Gasteiger partial charge in [-0.15, -0.1) is 0 Å². The minimum absolute atomic E-state index is 0.000813. The van der Waals surface area contributed by atoms with E-state index in [2.05, 4.69) is 74.4 Å². The SMILES string of the molecule is CCC(C)[C@H](NC(=O)[C@H](CC(N)=O)NC(=O)[C@H](CCCCN)NC(=O)[C@H](Cc1ccccc1)NC(=O)[C@H](Cc1ccccc1)NC(=O)[C@H](C)NC(=O)[C@@H](NC(=O)[C@@H](NC(=O)[C@@H]1CCCN1C(=O)[C@H](CC(N)=O)NC(=O)[C@@H](N)CCC(N)=O)C(C)C)C(C)C)C(=O)N[C@H](C(=O)N[C@H](C(=O)N1CCC[C@H]1C(=O)N[C@@H](CCCNC(=N)N)C(=O)N[C@H](C(=O)N1CCC[C@H]1C(=O)O)C(C)O)C(C)O)C(C)C. The number of aliphatic hydroxyl groups is 2. The van der Waals surface area contributed by atoms with Crippen LogP contribution in [0.4, 0.5) is 0 Å². The number of likely N-dealkylation sites (tertiary alicyclic amines) is 3. The molecular weight excluding hydrogens is 1790 g/mol. The molecule has 3 aliphatic rings. The Balaban J connectivity index is 1.33. The number of amides is 19. The molecule has 2 aromatic rings. The first-order chi connectivity index (χ1) is 64.5. The van der Waals surface area contributed by atoms with E-state index < -0.39 is 276 Å². The summed E-state index contributed by atoms with van der Waals surface area (Å²) in [6.45, 7) is 16.5. The fourth-order valence-corrected chi connectivity index (χ4v) is 16.0. The molecule has 2 aromatic carbocycles. The van der Waals surface area contributed by atoms with Crippen LogP contribution >= 0.6 is 0 Å². The number of hydrogen-bond donors (Lipinski definition) is 24. The molecule has 3 heterocycles. The number of unbranched alkanes of at least 4 members (excludes halogenated alkanes) is 1. The minimum Gasteiger partial charge on any atom is -0.480 e. The Labute approximate surface area is 795 Å². The Bertz CT molecular complexity index is 4550. The van der Waals surface area contributed by atoms with Crippen molar-refractivity contribution in [2.75, 3.05) is 32.7 Å². The van der Waals surface area contributed by atoms with Crippen LogP contribution in [0, 0.1) is 29.1 Å². The number of hydrogen-bond acceptors (Lipinski definition) is 25. The molecule has 3 saturated heterocycles. The summed E-state index contributed by atoms with van der Waals surface area (Å²) in [4.78, 5) is 282. The number of rotatable bonds is 56. The molecule has 137 heavy (non-hydrogen) atoms. The third-order valence-corrected chi connectivity index (χ3v) is 24.0. The van der Waals surface area contributed by atoms with E-state index in [9.17, 15) is 102 Å². The van der Waals surface area contributed by atoms with E-state index in [1.165, 1.54) is 34.6 Å². The van der Waals surface area contributed by atoms with Crippen molar-refractivity contribution in [3.05, 3.63) is 71.8 Å². The third-order valence-electron chi connectivity index (χ3n) is 24.0. The zero-order valence-electron chi connectivity index (χ0n) is 79.6. The predicted octanol–water partition coefficient (Wildman–Crippen LogP) is -6.64. The van der Waals surface area contributed by atoms with Crippen molar-refractivity contribution in [3.8, 4) is 0 Å². The number of nitrogens with zero attached hydrogens (tertiary/aromatic N) is 3. The summed E-state index contributed by atoms with van der Waals surface area (Å²) in [5.41, 5.74) is 34.7. The number of aliphatic carboxylic acids is 1. The highest BCUT2D eigenvalue weighted by atomic mass is 16.4. The van der Waals surface area contributed by atoms with Crippen molar-refractivity contribution < 1.29 is 111 Å². The normalized spacial score (nSPS) is 18.4. The lowest BCUT2D eigenvalue weighted by Crippen LogP contribution is -2.63. The smallest absolute Gasteiger partial charge is 0.326 e. The van der Waals surface area contributed by atoms with Crippen LogP contribution in [0.3, 0.4) is 0 Å². The maximum Gasteiger partial charge on any atom is 0.326 e. The van der Waals surface area contributed by atoms with Gasteiger partial charge in [0.2, 0.25) is 112 Å². The molecule has 19 amide bonds. The molecule has 47 heteroatoms. The van der Waals surface area contributed by atoms with Gasteiger partial charge < -0.3 is 139 Å². The van der Waals surface area contributed by atoms with Crippen LogP contribution < -0.4 is 109 Å². The lowest BCUT2D eigenvalue weighted by molar-refractivity contribution is -0.151. The summed E-state index contributed by atoms with van der Waals surface area (Å²) in [5.74, 6) is -22.4. The van der Waals surface area contributed by atoms with E-state index in [0.29, 0.717) is 30.4 Å². The lowest BCUT2D eigenvalue weighted by Gasteiger charge is -2.33. The molecule has 0 radical (unpaired) electrons. The zero-order chi connectivity index (χ0) is 103. The first-order valence-electron chi connectivity index (χ1n) is 46.4. The number of carboxylic acids is 1. The molecule has 0 spiro atoms. The number of nitrogens with two attached hydrogens (primary N) is 6. The Kier molecular flexibility index (Phi) is 46.7. The van der Waals surface area contributed by atoms with E-state index in [1.807, 2.05) is 0 Å². The molecule has 0 aliphatic carbocycles. The second-order valence-electron chi connectivity index (χ2n) is 36.1. The standard InChI is InChI=1S/C90H142N24O23/c1-12-48(8)70(85(132)108-69(47(6)7)84(131)111-72(51(11)116)87(134)113-39-23-31-61(113)80(127)101-56(30-21-37-98-90(96)97)76(123)110-71(50(10)115)88(135)114-40-24-33-63(114)89(136)137)109-79(126)59(43-65(94)118)104-75(122)55(29-19-20-36-91)100-77(124)58(42-53-27-17-14-18-28-53)103-78(125)57(41-52-25-15-13-16-26-52)102-73(120)49(9)99-82(129)67(45(2)3)107-83(130)68(46(4)5)106-81(128)62-32-22-38-112(62)86(133)60(44-66(95)119)105-74(121)54(92)34-35-64(93)117/h13-18,25-28,45-51,54-63,67-72,115-116H,12,19-24,29-44,91-92H2,1-11H3,(H2,93,117)(H2,94,118)(H2,95,119)(H,99,129)(H,100,124)(H,101,127)(H,102,120)(H,103,125)(H,104,122)(H,105,121)(H,106,128)(H,107,130)(H,108,132)(H,109,126)(H,110,123)(H,111,131)(H,136,137)(H4,96,97,98)/t48?,49-,50?,51?,54-,55-,56-,57-,58-,59-,60-,61-,62-,63-,67-,68-,69-,70-,71-,72-/m0/s1. The Morgan fingerprint density at radius 3 is 1.21 bits per heavy atom. The van der Waals surface area contributed by atoms with E-state index in [4.69, 9.17) is 39.8 Å². The number of aliphatic hydroxyl groups excluding tert-OH is 2.